The minimum Gasteiger partial charge on any atom is -0.492 e. The van der Waals surface area contributed by atoms with Crippen LogP contribution in [0, 0.1) is 0 Å². The Kier molecular flexibility index (Phi) is 6.62. The summed E-state index contributed by atoms with van der Waals surface area (Å²) in [5.41, 5.74) is 0.632. The zero-order valence-corrected chi connectivity index (χ0v) is 13.8. The lowest BCUT2D eigenvalue weighted by Gasteiger charge is -2.17. The Morgan fingerprint density at radius 3 is 2.70 bits per heavy atom. The predicted octanol–water partition coefficient (Wildman–Crippen LogP) is 2.41. The van der Waals surface area contributed by atoms with Gasteiger partial charge < -0.3 is 15.0 Å². The first-order valence-corrected chi connectivity index (χ1v) is 8.33. The second-order valence-corrected chi connectivity index (χ2v) is 5.77. The molecular formula is C17H20N2O3S. The van der Waals surface area contributed by atoms with Crippen molar-refractivity contribution in [1.82, 2.24) is 10.2 Å². The summed E-state index contributed by atoms with van der Waals surface area (Å²) in [5, 5.41) is 6.37. The Balaban J connectivity index is 1.62. The van der Waals surface area contributed by atoms with E-state index in [0.29, 0.717) is 25.3 Å². The van der Waals surface area contributed by atoms with Gasteiger partial charge in [0.05, 0.1) is 6.54 Å². The first-order chi connectivity index (χ1) is 11.2. The lowest BCUT2D eigenvalue weighted by molar-refractivity contribution is -0.130. The zero-order valence-electron chi connectivity index (χ0n) is 13.0. The SMILES string of the molecule is CN(CCOc1ccccc1)C(=O)CCNC(=O)c1ccsc1. The standard InChI is InChI=1S/C17H20N2O3S/c1-19(10-11-22-15-5-3-2-4-6-15)16(20)7-9-18-17(21)14-8-12-23-13-14/h2-6,8,12-13H,7,9-11H2,1H3,(H,18,21). The number of para-hydroxylation sites is 1. The number of amides is 2. The van der Waals surface area contributed by atoms with Gasteiger partial charge in [-0.15, -0.1) is 0 Å². The van der Waals surface area contributed by atoms with Crippen LogP contribution in [-0.4, -0.2) is 43.5 Å². The fourth-order valence-corrected chi connectivity index (χ4v) is 2.55. The van der Waals surface area contributed by atoms with Gasteiger partial charge in [0.2, 0.25) is 5.91 Å². The quantitative estimate of drug-likeness (QED) is 0.807. The Hall–Kier alpha value is -2.34. The largest absolute Gasteiger partial charge is 0.492 e. The maximum Gasteiger partial charge on any atom is 0.252 e. The predicted molar refractivity (Wildman–Crippen MR) is 90.8 cm³/mol. The Morgan fingerprint density at radius 1 is 1.22 bits per heavy atom. The number of carbonyl (C=O) groups excluding carboxylic acids is 2. The van der Waals surface area contributed by atoms with Gasteiger partial charge in [-0.1, -0.05) is 18.2 Å². The van der Waals surface area contributed by atoms with Gasteiger partial charge in [-0.3, -0.25) is 9.59 Å². The van der Waals surface area contributed by atoms with E-state index in [1.165, 1.54) is 11.3 Å². The smallest absolute Gasteiger partial charge is 0.252 e. The fraction of sp³-hybridized carbons (Fsp3) is 0.294. The number of nitrogens with one attached hydrogen (secondary N) is 1. The second kappa shape index (κ2) is 8.95. The molecule has 0 aliphatic heterocycles. The number of benzene rings is 1. The number of thiophene rings is 1. The Morgan fingerprint density at radius 2 is 2.00 bits per heavy atom. The second-order valence-electron chi connectivity index (χ2n) is 4.99. The number of carbonyl (C=O) groups is 2. The van der Waals surface area contributed by atoms with Gasteiger partial charge in [-0.25, -0.2) is 0 Å². The third kappa shape index (κ3) is 5.75. The molecule has 2 aromatic rings. The van der Waals surface area contributed by atoms with Gasteiger partial charge in [0.15, 0.2) is 0 Å². The summed E-state index contributed by atoms with van der Waals surface area (Å²) in [7, 11) is 1.73. The molecular weight excluding hydrogens is 312 g/mol. The molecule has 2 rings (SSSR count). The van der Waals surface area contributed by atoms with Crippen LogP contribution >= 0.6 is 11.3 Å². The van der Waals surface area contributed by atoms with Gasteiger partial charge in [0.25, 0.3) is 5.91 Å². The van der Waals surface area contributed by atoms with Crippen molar-refractivity contribution in [3.8, 4) is 5.75 Å². The molecule has 0 saturated heterocycles. The van der Waals surface area contributed by atoms with Crippen LogP contribution in [0.4, 0.5) is 0 Å². The normalized spacial score (nSPS) is 10.1. The molecule has 1 aromatic heterocycles. The average molecular weight is 332 g/mol. The van der Waals surface area contributed by atoms with E-state index >= 15 is 0 Å². The van der Waals surface area contributed by atoms with Gasteiger partial charge in [-0.2, -0.15) is 11.3 Å². The van der Waals surface area contributed by atoms with Crippen molar-refractivity contribution < 1.29 is 14.3 Å². The number of ether oxygens (including phenoxy) is 1. The summed E-state index contributed by atoms with van der Waals surface area (Å²) in [6.45, 7) is 1.27. The first-order valence-electron chi connectivity index (χ1n) is 7.39. The Bertz CT molecular complexity index is 614. The molecule has 0 unspecified atom stereocenters. The monoisotopic (exact) mass is 332 g/mol. The summed E-state index contributed by atoms with van der Waals surface area (Å²) in [6, 6.07) is 11.2. The molecule has 0 radical (unpaired) electrons. The summed E-state index contributed by atoms with van der Waals surface area (Å²) >= 11 is 1.47. The van der Waals surface area contributed by atoms with E-state index in [9.17, 15) is 9.59 Å². The number of nitrogens with zero attached hydrogens (tertiary/aromatic N) is 1. The van der Waals surface area contributed by atoms with Crippen molar-refractivity contribution in [3.05, 3.63) is 52.7 Å². The van der Waals surface area contributed by atoms with Crippen molar-refractivity contribution in [2.75, 3.05) is 26.7 Å². The molecule has 0 aliphatic carbocycles. The molecule has 6 heteroatoms. The molecule has 1 aromatic carbocycles. The van der Waals surface area contributed by atoms with Crippen LogP contribution in [0.2, 0.25) is 0 Å². The molecule has 5 nitrogen and oxygen atoms in total. The highest BCUT2D eigenvalue weighted by Crippen LogP contribution is 2.08. The Labute approximate surface area is 139 Å². The van der Waals surface area contributed by atoms with E-state index in [0.717, 1.165) is 5.75 Å². The van der Waals surface area contributed by atoms with Crippen LogP contribution in [0.15, 0.2) is 47.2 Å². The third-order valence-corrected chi connectivity index (χ3v) is 3.96. The number of rotatable bonds is 8. The lowest BCUT2D eigenvalue weighted by atomic mass is 10.3. The first kappa shape index (κ1) is 17.0. The van der Waals surface area contributed by atoms with Gasteiger partial charge in [-0.05, 0) is 23.6 Å². The molecule has 0 saturated carbocycles. The molecule has 0 aliphatic rings. The van der Waals surface area contributed by atoms with Gasteiger partial charge in [0, 0.05) is 31.0 Å². The molecule has 1 N–H and O–H groups in total. The summed E-state index contributed by atoms with van der Waals surface area (Å²) in [5.74, 6) is 0.623. The van der Waals surface area contributed by atoms with E-state index in [1.807, 2.05) is 35.7 Å². The summed E-state index contributed by atoms with van der Waals surface area (Å²) < 4.78 is 5.56. The zero-order chi connectivity index (χ0) is 16.5. The van der Waals surface area contributed by atoms with E-state index < -0.39 is 0 Å². The van der Waals surface area contributed by atoms with Crippen LogP contribution in [-0.2, 0) is 4.79 Å². The van der Waals surface area contributed by atoms with Crippen LogP contribution in [0.1, 0.15) is 16.8 Å². The number of likely N-dealkylation sites (N-methyl/N-ethyl adjacent to an activating group) is 1. The van der Waals surface area contributed by atoms with Crippen LogP contribution in [0.3, 0.4) is 0 Å². The highest BCUT2D eigenvalue weighted by Gasteiger charge is 2.10. The number of hydrogen-bond acceptors (Lipinski definition) is 4. The maximum absolute atomic E-state index is 12.0. The van der Waals surface area contributed by atoms with Crippen molar-refractivity contribution in [2.45, 2.75) is 6.42 Å². The molecule has 0 bridgehead atoms. The number of hydrogen-bond donors (Lipinski definition) is 1. The topological polar surface area (TPSA) is 58.6 Å². The fourth-order valence-electron chi connectivity index (χ4n) is 1.91. The molecule has 0 fully saturated rings. The highest BCUT2D eigenvalue weighted by atomic mass is 32.1. The molecule has 0 spiro atoms. The van der Waals surface area contributed by atoms with E-state index in [-0.39, 0.29) is 18.2 Å². The van der Waals surface area contributed by atoms with Crippen molar-refractivity contribution in [1.29, 1.82) is 0 Å². The third-order valence-electron chi connectivity index (χ3n) is 3.27. The van der Waals surface area contributed by atoms with Gasteiger partial charge >= 0.3 is 0 Å². The molecule has 122 valence electrons. The van der Waals surface area contributed by atoms with Crippen LogP contribution in [0.5, 0.6) is 5.75 Å². The van der Waals surface area contributed by atoms with Crippen molar-refractivity contribution >= 4 is 23.2 Å². The van der Waals surface area contributed by atoms with E-state index in [2.05, 4.69) is 5.32 Å². The minimum absolute atomic E-state index is 0.0210. The molecule has 1 heterocycles. The maximum atomic E-state index is 12.0. The van der Waals surface area contributed by atoms with E-state index in [4.69, 9.17) is 4.74 Å². The van der Waals surface area contributed by atoms with Crippen molar-refractivity contribution in [3.63, 3.8) is 0 Å². The van der Waals surface area contributed by atoms with E-state index in [1.54, 1.807) is 23.4 Å². The molecule has 2 amide bonds. The van der Waals surface area contributed by atoms with Crippen molar-refractivity contribution in [2.24, 2.45) is 0 Å². The lowest BCUT2D eigenvalue weighted by Crippen LogP contribution is -2.34. The highest BCUT2D eigenvalue weighted by molar-refractivity contribution is 7.08. The molecule has 23 heavy (non-hydrogen) atoms. The minimum atomic E-state index is -0.144. The average Bonchev–Trinajstić information content (AvgIpc) is 3.10. The van der Waals surface area contributed by atoms with Crippen LogP contribution in [0.25, 0.3) is 0 Å². The van der Waals surface area contributed by atoms with Gasteiger partial charge in [0.1, 0.15) is 12.4 Å². The van der Waals surface area contributed by atoms with Crippen LogP contribution < -0.4 is 10.1 Å². The molecule has 0 atom stereocenters. The summed E-state index contributed by atoms with van der Waals surface area (Å²) in [4.78, 5) is 25.3. The summed E-state index contributed by atoms with van der Waals surface area (Å²) in [6.07, 6.45) is 0.276.